The van der Waals surface area contributed by atoms with Crippen LogP contribution in [0.5, 0.6) is 0 Å². The summed E-state index contributed by atoms with van der Waals surface area (Å²) in [7, 11) is 0. The fourth-order valence-corrected chi connectivity index (χ4v) is 4.23. The highest BCUT2D eigenvalue weighted by molar-refractivity contribution is 7.13. The molecule has 3 aromatic rings. The lowest BCUT2D eigenvalue weighted by Crippen LogP contribution is -2.41. The zero-order chi connectivity index (χ0) is 23.1. The highest BCUT2D eigenvalue weighted by Crippen LogP contribution is 2.26. The van der Waals surface area contributed by atoms with Gasteiger partial charge in [0.15, 0.2) is 5.69 Å². The van der Waals surface area contributed by atoms with Gasteiger partial charge in [-0.15, -0.1) is 11.3 Å². The molecule has 0 saturated carbocycles. The average Bonchev–Trinajstić information content (AvgIpc) is 3.28. The van der Waals surface area contributed by atoms with Crippen molar-refractivity contribution in [1.82, 2.24) is 14.5 Å². The third kappa shape index (κ3) is 5.16. The van der Waals surface area contributed by atoms with E-state index in [-0.39, 0.29) is 17.2 Å². The van der Waals surface area contributed by atoms with Crippen molar-refractivity contribution in [2.24, 2.45) is 0 Å². The van der Waals surface area contributed by atoms with Crippen LogP contribution < -0.4 is 21.9 Å². The quantitative estimate of drug-likeness (QED) is 0.450. The minimum Gasteiger partial charge on any atom is -0.383 e. The monoisotopic (exact) mass is 455 g/mol. The van der Waals surface area contributed by atoms with Crippen molar-refractivity contribution >= 4 is 28.7 Å². The van der Waals surface area contributed by atoms with Crippen molar-refractivity contribution in [1.29, 1.82) is 0 Å². The summed E-state index contributed by atoms with van der Waals surface area (Å²) in [6, 6.07) is 9.60. The summed E-state index contributed by atoms with van der Waals surface area (Å²) in [5.41, 5.74) is 6.22. The predicted molar refractivity (Wildman–Crippen MR) is 129 cm³/mol. The molecule has 2 heterocycles. The largest absolute Gasteiger partial charge is 0.383 e. The van der Waals surface area contributed by atoms with Crippen LogP contribution in [0.1, 0.15) is 56.4 Å². The van der Waals surface area contributed by atoms with E-state index in [0.29, 0.717) is 19.5 Å². The summed E-state index contributed by atoms with van der Waals surface area (Å²) in [6.07, 6.45) is 4.14. The maximum Gasteiger partial charge on any atom is 0.330 e. The smallest absolute Gasteiger partial charge is 0.330 e. The van der Waals surface area contributed by atoms with Crippen molar-refractivity contribution in [2.75, 3.05) is 17.2 Å². The van der Waals surface area contributed by atoms with Crippen LogP contribution in [-0.4, -0.2) is 27.0 Å². The molecule has 0 radical (unpaired) electrons. The Morgan fingerprint density at radius 1 is 1.12 bits per heavy atom. The molecule has 0 spiro atoms. The second kappa shape index (κ2) is 10.9. The van der Waals surface area contributed by atoms with Gasteiger partial charge in [-0.1, -0.05) is 63.4 Å². The normalized spacial score (nSPS) is 10.9. The molecule has 0 bridgehead atoms. The number of nitrogen functional groups attached to an aromatic ring is 1. The van der Waals surface area contributed by atoms with E-state index in [9.17, 15) is 14.4 Å². The van der Waals surface area contributed by atoms with Crippen LogP contribution in [0.25, 0.3) is 10.6 Å². The summed E-state index contributed by atoms with van der Waals surface area (Å²) in [4.78, 5) is 46.8. The third-order valence-corrected chi connectivity index (χ3v) is 6.09. The van der Waals surface area contributed by atoms with Gasteiger partial charge in [0.25, 0.3) is 11.5 Å². The van der Waals surface area contributed by atoms with E-state index in [1.54, 1.807) is 5.38 Å². The van der Waals surface area contributed by atoms with Crippen molar-refractivity contribution in [3.8, 4) is 10.6 Å². The average molecular weight is 456 g/mol. The molecule has 3 N–H and O–H groups in total. The predicted octanol–water partition coefficient (Wildman–Crippen LogP) is 3.88. The number of unbranched alkanes of at least 4 members (excludes halogenated alkanes) is 3. The molecule has 1 aromatic carbocycles. The van der Waals surface area contributed by atoms with E-state index in [1.165, 1.54) is 20.8 Å². The number of hydrogen-bond acceptors (Lipinski definition) is 6. The van der Waals surface area contributed by atoms with Crippen LogP contribution in [0.3, 0.4) is 0 Å². The number of nitrogens with zero attached hydrogens (tertiary/aromatic N) is 3. The Kier molecular flexibility index (Phi) is 7.99. The van der Waals surface area contributed by atoms with Gasteiger partial charge in [0.1, 0.15) is 16.5 Å². The number of rotatable bonds is 10. The zero-order valence-corrected chi connectivity index (χ0v) is 19.3. The lowest BCUT2D eigenvalue weighted by molar-refractivity contribution is 0.0982. The van der Waals surface area contributed by atoms with E-state index < -0.39 is 17.2 Å². The summed E-state index contributed by atoms with van der Waals surface area (Å²) in [5.74, 6) is -0.395. The van der Waals surface area contributed by atoms with E-state index >= 15 is 0 Å². The first kappa shape index (κ1) is 23.5. The highest BCUT2D eigenvalue weighted by atomic mass is 32.1. The highest BCUT2D eigenvalue weighted by Gasteiger charge is 2.26. The van der Waals surface area contributed by atoms with Gasteiger partial charge < -0.3 is 5.73 Å². The van der Waals surface area contributed by atoms with E-state index in [4.69, 9.17) is 5.73 Å². The number of aromatic nitrogens is 3. The fourth-order valence-electron chi connectivity index (χ4n) is 3.43. The lowest BCUT2D eigenvalue weighted by atomic mass is 10.2. The number of hydrogen-bond donors (Lipinski definition) is 2. The summed E-state index contributed by atoms with van der Waals surface area (Å²) < 4.78 is 1.33. The van der Waals surface area contributed by atoms with Crippen LogP contribution in [0.2, 0.25) is 0 Å². The first-order valence-corrected chi connectivity index (χ1v) is 11.8. The molecule has 0 aliphatic heterocycles. The molecule has 3 rings (SSSR count). The van der Waals surface area contributed by atoms with Crippen LogP contribution in [0, 0.1) is 0 Å². The minimum absolute atomic E-state index is 0.00978. The number of thiazole rings is 1. The molecule has 2 aromatic heterocycles. The molecule has 9 heteroatoms. The third-order valence-electron chi connectivity index (χ3n) is 5.19. The molecule has 170 valence electrons. The van der Waals surface area contributed by atoms with E-state index in [0.717, 1.165) is 36.3 Å². The number of amides is 1. The Morgan fingerprint density at radius 2 is 1.84 bits per heavy atom. The van der Waals surface area contributed by atoms with Crippen LogP contribution >= 0.6 is 11.3 Å². The van der Waals surface area contributed by atoms with Gasteiger partial charge in [0.2, 0.25) is 0 Å². The van der Waals surface area contributed by atoms with E-state index in [1.807, 2.05) is 37.3 Å². The molecule has 0 fully saturated rings. The van der Waals surface area contributed by atoms with Crippen molar-refractivity contribution in [3.05, 3.63) is 62.2 Å². The number of benzene rings is 1. The van der Waals surface area contributed by atoms with Gasteiger partial charge in [0.05, 0.1) is 0 Å². The van der Waals surface area contributed by atoms with Gasteiger partial charge in [-0.2, -0.15) is 0 Å². The molecule has 0 atom stereocenters. The SMILES string of the molecule is CCCCCN(C(=O)c1csc(-c2ccccc2)n1)c1c(N)n(CCCC)c(=O)[nH]c1=O. The number of nitrogens with one attached hydrogen (secondary N) is 1. The number of H-pyrrole nitrogens is 1. The van der Waals surface area contributed by atoms with E-state index in [2.05, 4.69) is 16.9 Å². The molecule has 32 heavy (non-hydrogen) atoms. The van der Waals surface area contributed by atoms with Gasteiger partial charge in [-0.25, -0.2) is 9.78 Å². The molecule has 0 unspecified atom stereocenters. The second-order valence-corrected chi connectivity index (χ2v) is 8.42. The maximum absolute atomic E-state index is 13.5. The Morgan fingerprint density at radius 3 is 2.53 bits per heavy atom. The number of aromatic amines is 1. The maximum atomic E-state index is 13.5. The zero-order valence-electron chi connectivity index (χ0n) is 18.5. The second-order valence-electron chi connectivity index (χ2n) is 7.57. The van der Waals surface area contributed by atoms with Crippen molar-refractivity contribution in [3.63, 3.8) is 0 Å². The summed E-state index contributed by atoms with van der Waals surface area (Å²) >= 11 is 1.37. The Balaban J connectivity index is 2.02. The summed E-state index contributed by atoms with van der Waals surface area (Å²) in [6.45, 7) is 4.74. The fraction of sp³-hybridized carbons (Fsp3) is 0.391. The molecule has 8 nitrogen and oxygen atoms in total. The van der Waals surface area contributed by atoms with Crippen molar-refractivity contribution in [2.45, 2.75) is 52.5 Å². The first-order chi connectivity index (χ1) is 15.5. The minimum atomic E-state index is -0.663. The summed E-state index contributed by atoms with van der Waals surface area (Å²) in [5, 5.41) is 2.41. The Hall–Kier alpha value is -3.20. The number of carbonyl (C=O) groups is 1. The molecular weight excluding hydrogens is 426 g/mol. The molecular formula is C23H29N5O3S. The first-order valence-electron chi connectivity index (χ1n) is 10.9. The van der Waals surface area contributed by atoms with Gasteiger partial charge in [0, 0.05) is 24.0 Å². The molecule has 0 aliphatic carbocycles. The van der Waals surface area contributed by atoms with Crippen molar-refractivity contribution < 1.29 is 4.79 Å². The molecule has 0 aliphatic rings. The van der Waals surface area contributed by atoms with Crippen LogP contribution in [0.4, 0.5) is 11.5 Å². The number of nitrogens with two attached hydrogens (primary N) is 1. The number of carbonyl (C=O) groups excluding carboxylic acids is 1. The topological polar surface area (TPSA) is 114 Å². The Bertz CT molecular complexity index is 1170. The van der Waals surface area contributed by atoms with Crippen LogP contribution in [-0.2, 0) is 6.54 Å². The Labute approximate surface area is 190 Å². The van der Waals surface area contributed by atoms with Gasteiger partial charge >= 0.3 is 5.69 Å². The lowest BCUT2D eigenvalue weighted by Gasteiger charge is -2.24. The van der Waals surface area contributed by atoms with Crippen LogP contribution in [0.15, 0.2) is 45.3 Å². The molecule has 0 saturated heterocycles. The standard InChI is InChI=1S/C23H29N5O3S/c1-3-5-10-14-27(18-19(24)28(13-6-4-2)23(31)26-20(18)29)22(30)17-15-32-21(25-17)16-11-8-7-9-12-16/h7-9,11-12,15H,3-6,10,13-14,24H2,1-2H3,(H,26,29,31). The van der Waals surface area contributed by atoms with Gasteiger partial charge in [-0.05, 0) is 12.8 Å². The number of anilines is 2. The molecule has 1 amide bonds. The van der Waals surface area contributed by atoms with Gasteiger partial charge in [-0.3, -0.25) is 24.0 Å².